The number of carbonyl (C=O) groups excluding carboxylic acids is 1. The van der Waals surface area contributed by atoms with Gasteiger partial charge in [-0.05, 0) is 41.5 Å². The maximum absolute atomic E-state index is 12.3. The second-order valence-corrected chi connectivity index (χ2v) is 8.70. The van der Waals surface area contributed by atoms with E-state index in [9.17, 15) is 4.79 Å². The summed E-state index contributed by atoms with van der Waals surface area (Å²) in [6.45, 7) is 1.61. The Kier molecular flexibility index (Phi) is 4.01. The van der Waals surface area contributed by atoms with Crippen molar-refractivity contribution in [3.8, 4) is 21.7 Å². The predicted molar refractivity (Wildman–Crippen MR) is 130 cm³/mol. The summed E-state index contributed by atoms with van der Waals surface area (Å²) in [7, 11) is 0. The highest BCUT2D eigenvalue weighted by molar-refractivity contribution is 7.21. The molecule has 0 fully saturated rings. The molecule has 4 heteroatoms. The van der Waals surface area contributed by atoms with Crippen molar-refractivity contribution in [3.05, 3.63) is 91.0 Å². The van der Waals surface area contributed by atoms with Gasteiger partial charge in [-0.3, -0.25) is 9.36 Å². The number of nitrogens with zero attached hydrogens (tertiary/aromatic N) is 2. The zero-order valence-electron chi connectivity index (χ0n) is 16.9. The van der Waals surface area contributed by atoms with E-state index in [1.54, 1.807) is 22.8 Å². The second kappa shape index (κ2) is 6.89. The predicted octanol–water partition coefficient (Wildman–Crippen LogP) is 7.40. The summed E-state index contributed by atoms with van der Waals surface area (Å²) in [6, 6.07) is 31.2. The largest absolute Gasteiger partial charge is 0.280 e. The number of hydrogen-bond donors (Lipinski definition) is 0. The van der Waals surface area contributed by atoms with Crippen molar-refractivity contribution >= 4 is 49.3 Å². The molecule has 0 spiro atoms. The molecule has 148 valence electrons. The lowest BCUT2D eigenvalue weighted by molar-refractivity contribution is 0.0946. The van der Waals surface area contributed by atoms with Crippen LogP contribution in [0.1, 0.15) is 11.7 Å². The molecule has 31 heavy (non-hydrogen) atoms. The maximum atomic E-state index is 12.3. The summed E-state index contributed by atoms with van der Waals surface area (Å²) in [6.07, 6.45) is 0. The molecule has 0 unspecified atom stereocenters. The van der Waals surface area contributed by atoms with E-state index < -0.39 is 0 Å². The summed E-state index contributed by atoms with van der Waals surface area (Å²) in [4.78, 5) is 17.0. The van der Waals surface area contributed by atoms with Crippen LogP contribution in [0.3, 0.4) is 0 Å². The first-order valence-electron chi connectivity index (χ1n) is 10.2. The van der Waals surface area contributed by atoms with E-state index in [1.807, 2.05) is 36.4 Å². The molecule has 2 aromatic heterocycles. The van der Waals surface area contributed by atoms with Gasteiger partial charge in [-0.15, -0.1) is 11.3 Å². The van der Waals surface area contributed by atoms with Gasteiger partial charge in [0.15, 0.2) is 0 Å². The quantitative estimate of drug-likeness (QED) is 0.294. The van der Waals surface area contributed by atoms with Crippen LogP contribution in [0.15, 0.2) is 91.0 Å². The molecule has 0 saturated heterocycles. The van der Waals surface area contributed by atoms with E-state index >= 15 is 0 Å². The van der Waals surface area contributed by atoms with Crippen LogP contribution in [-0.2, 0) is 0 Å². The third kappa shape index (κ3) is 2.87. The van der Waals surface area contributed by atoms with E-state index in [1.165, 1.54) is 4.70 Å². The van der Waals surface area contributed by atoms with Crippen LogP contribution in [0.5, 0.6) is 0 Å². The highest BCUT2D eigenvalue weighted by atomic mass is 32.1. The fraction of sp³-hybridized carbons (Fsp3) is 0.0370. The Hall–Kier alpha value is -3.76. The highest BCUT2D eigenvalue weighted by Crippen LogP contribution is 2.34. The molecule has 0 amide bonds. The van der Waals surface area contributed by atoms with Crippen LogP contribution in [-0.4, -0.2) is 15.5 Å². The number of benzene rings is 4. The van der Waals surface area contributed by atoms with Crippen molar-refractivity contribution in [2.45, 2.75) is 6.92 Å². The van der Waals surface area contributed by atoms with Crippen molar-refractivity contribution in [3.63, 3.8) is 0 Å². The zero-order valence-corrected chi connectivity index (χ0v) is 17.7. The van der Waals surface area contributed by atoms with Crippen molar-refractivity contribution in [2.24, 2.45) is 0 Å². The first kappa shape index (κ1) is 18.0. The average molecular weight is 419 g/mol. The lowest BCUT2D eigenvalue weighted by Crippen LogP contribution is -2.04. The molecule has 6 rings (SSSR count). The first-order chi connectivity index (χ1) is 15.2. The molecule has 0 radical (unpaired) electrons. The fourth-order valence-electron chi connectivity index (χ4n) is 4.29. The number of hydrogen-bond acceptors (Lipinski definition) is 3. The van der Waals surface area contributed by atoms with E-state index in [2.05, 4.69) is 54.6 Å². The van der Waals surface area contributed by atoms with Gasteiger partial charge in [0.1, 0.15) is 5.01 Å². The van der Waals surface area contributed by atoms with Crippen molar-refractivity contribution in [1.29, 1.82) is 0 Å². The number of fused-ring (bicyclic) bond motifs is 4. The summed E-state index contributed by atoms with van der Waals surface area (Å²) >= 11 is 1.71. The normalized spacial score (nSPS) is 11.5. The minimum absolute atomic E-state index is 0.0270. The van der Waals surface area contributed by atoms with Gasteiger partial charge in [0.05, 0.1) is 21.3 Å². The van der Waals surface area contributed by atoms with Gasteiger partial charge in [-0.2, -0.15) is 0 Å². The third-order valence-corrected chi connectivity index (χ3v) is 6.83. The molecule has 4 aromatic carbocycles. The lowest BCUT2D eigenvalue weighted by atomic mass is 10.0. The number of rotatable bonds is 2. The molecule has 0 bridgehead atoms. The van der Waals surface area contributed by atoms with Crippen LogP contribution >= 0.6 is 11.3 Å². The first-order valence-corrected chi connectivity index (χ1v) is 11.0. The zero-order chi connectivity index (χ0) is 20.9. The van der Waals surface area contributed by atoms with Crippen molar-refractivity contribution < 1.29 is 4.79 Å². The van der Waals surface area contributed by atoms with Crippen LogP contribution in [0, 0.1) is 0 Å². The van der Waals surface area contributed by atoms with Gasteiger partial charge in [0, 0.05) is 23.3 Å². The molecule has 0 aliphatic heterocycles. The molecule has 0 aliphatic carbocycles. The van der Waals surface area contributed by atoms with E-state index in [0.29, 0.717) is 0 Å². The van der Waals surface area contributed by atoms with Gasteiger partial charge in [0.25, 0.3) is 0 Å². The summed E-state index contributed by atoms with van der Waals surface area (Å²) in [5.41, 5.74) is 6.34. The second-order valence-electron chi connectivity index (χ2n) is 7.67. The van der Waals surface area contributed by atoms with E-state index in [0.717, 1.165) is 49.0 Å². The SMILES string of the molecule is CC(=O)n1c2ccccc2c2cc(-c3ccc(-c4nc5ccccc5s4)cc3)ccc21. The number of thiazole rings is 1. The number of carbonyl (C=O) groups is 1. The van der Waals surface area contributed by atoms with Crippen LogP contribution in [0.25, 0.3) is 53.7 Å². The van der Waals surface area contributed by atoms with Crippen LogP contribution in [0.4, 0.5) is 0 Å². The monoisotopic (exact) mass is 418 g/mol. The van der Waals surface area contributed by atoms with Crippen LogP contribution < -0.4 is 0 Å². The van der Waals surface area contributed by atoms with Gasteiger partial charge in [0.2, 0.25) is 5.91 Å². The van der Waals surface area contributed by atoms with Crippen molar-refractivity contribution in [1.82, 2.24) is 9.55 Å². The third-order valence-electron chi connectivity index (χ3n) is 5.75. The number of aromatic nitrogens is 2. The Morgan fingerprint density at radius 2 is 1.42 bits per heavy atom. The van der Waals surface area contributed by atoms with Crippen LogP contribution in [0.2, 0.25) is 0 Å². The summed E-state index contributed by atoms with van der Waals surface area (Å²) < 4.78 is 3.00. The Bertz CT molecular complexity index is 1570. The smallest absolute Gasteiger partial charge is 0.228 e. The molecule has 0 aliphatic rings. The Balaban J connectivity index is 1.45. The molecular formula is C27H18N2OS. The molecule has 2 heterocycles. The maximum Gasteiger partial charge on any atom is 0.228 e. The molecule has 3 nitrogen and oxygen atoms in total. The Morgan fingerprint density at radius 1 is 0.742 bits per heavy atom. The molecule has 0 saturated carbocycles. The van der Waals surface area contributed by atoms with Gasteiger partial charge in [-0.1, -0.05) is 60.7 Å². The summed E-state index contributed by atoms with van der Waals surface area (Å²) in [5, 5.41) is 3.23. The standard InChI is InChI=1S/C27H18N2OS/c1-17(30)29-24-8-4-2-6-21(24)22-16-20(14-15-25(22)29)18-10-12-19(13-11-18)27-28-23-7-3-5-9-26(23)31-27/h2-16H,1H3. The van der Waals surface area contributed by atoms with Gasteiger partial charge < -0.3 is 0 Å². The topological polar surface area (TPSA) is 34.9 Å². The Morgan fingerprint density at radius 3 is 2.23 bits per heavy atom. The van der Waals surface area contributed by atoms with Crippen molar-refractivity contribution in [2.75, 3.05) is 0 Å². The minimum Gasteiger partial charge on any atom is -0.280 e. The average Bonchev–Trinajstić information content (AvgIpc) is 3.38. The van der Waals surface area contributed by atoms with E-state index in [4.69, 9.17) is 4.98 Å². The van der Waals surface area contributed by atoms with E-state index in [-0.39, 0.29) is 5.91 Å². The minimum atomic E-state index is 0.0270. The van der Waals surface area contributed by atoms with Gasteiger partial charge >= 0.3 is 0 Å². The molecule has 0 N–H and O–H groups in total. The Labute approximate surface area is 183 Å². The lowest BCUT2D eigenvalue weighted by Gasteiger charge is -2.05. The summed E-state index contributed by atoms with van der Waals surface area (Å²) in [5.74, 6) is 0.0270. The fourth-order valence-corrected chi connectivity index (χ4v) is 5.26. The molecule has 0 atom stereocenters. The highest BCUT2D eigenvalue weighted by Gasteiger charge is 2.14. The molecular weight excluding hydrogens is 400 g/mol. The van der Waals surface area contributed by atoms with Gasteiger partial charge in [-0.25, -0.2) is 4.98 Å². The molecule has 6 aromatic rings. The number of para-hydroxylation sites is 2.